The van der Waals surface area contributed by atoms with Crippen LogP contribution in [0.3, 0.4) is 0 Å². The zero-order chi connectivity index (χ0) is 22.4. The number of hydrogen-bond donors (Lipinski definition) is 1. The summed E-state index contributed by atoms with van der Waals surface area (Å²) >= 11 is 2.85. The molecule has 0 spiro atoms. The van der Waals surface area contributed by atoms with Crippen molar-refractivity contribution in [1.29, 1.82) is 0 Å². The minimum atomic E-state index is -0.522. The number of hydrogen-bond acceptors (Lipinski definition) is 9. The molecule has 164 valence electrons. The highest BCUT2D eigenvalue weighted by atomic mass is 32.2. The van der Waals surface area contributed by atoms with Crippen LogP contribution in [-0.4, -0.2) is 27.4 Å². The molecule has 0 fully saturated rings. The molecule has 1 amide bonds. The van der Waals surface area contributed by atoms with Gasteiger partial charge >= 0.3 is 0 Å². The normalized spacial score (nSPS) is 11.3. The van der Waals surface area contributed by atoms with Crippen molar-refractivity contribution in [2.45, 2.75) is 37.2 Å². The number of amides is 1. The topological polar surface area (TPSA) is 120 Å². The first-order valence-corrected chi connectivity index (χ1v) is 11.2. The van der Waals surface area contributed by atoms with Crippen molar-refractivity contribution < 1.29 is 18.9 Å². The molecule has 0 bridgehead atoms. The lowest BCUT2D eigenvalue weighted by Crippen LogP contribution is -2.20. The Hall–Kier alpha value is -2.92. The Balaban J connectivity index is 1.46. The smallest absolute Gasteiger partial charge is 0.273 e. The molecule has 3 rings (SSSR count). The van der Waals surface area contributed by atoms with Gasteiger partial charge in [-0.3, -0.25) is 20.2 Å². The zero-order valence-corrected chi connectivity index (χ0v) is 18.9. The van der Waals surface area contributed by atoms with E-state index < -0.39 is 10.8 Å². The van der Waals surface area contributed by atoms with Gasteiger partial charge in [-0.2, -0.15) is 0 Å². The quantitative estimate of drug-likeness (QED) is 0.270. The molecule has 0 saturated heterocycles. The molecule has 2 heterocycles. The fraction of sp³-hybridized carbons (Fsp3) is 0.350. The van der Waals surface area contributed by atoms with E-state index >= 15 is 0 Å². The van der Waals surface area contributed by atoms with Gasteiger partial charge in [-0.1, -0.05) is 38.2 Å². The van der Waals surface area contributed by atoms with E-state index in [0.717, 1.165) is 16.4 Å². The highest BCUT2D eigenvalue weighted by molar-refractivity contribution is 8.00. The number of nitro groups is 1. The van der Waals surface area contributed by atoms with Gasteiger partial charge in [-0.15, -0.1) is 11.8 Å². The number of non-ortho nitro benzene ring substituents is 1. The summed E-state index contributed by atoms with van der Waals surface area (Å²) in [7, 11) is 0. The van der Waals surface area contributed by atoms with Gasteiger partial charge in [-0.05, 0) is 11.5 Å². The van der Waals surface area contributed by atoms with Crippen LogP contribution in [0.1, 0.15) is 32.4 Å². The van der Waals surface area contributed by atoms with Gasteiger partial charge in [-0.25, -0.2) is 9.97 Å². The average molecular weight is 463 g/mol. The van der Waals surface area contributed by atoms with Crippen LogP contribution in [0.25, 0.3) is 0 Å². The summed E-state index contributed by atoms with van der Waals surface area (Å²) in [5.41, 5.74) is 0.0318. The van der Waals surface area contributed by atoms with Gasteiger partial charge in [0.2, 0.25) is 5.89 Å². The maximum absolute atomic E-state index is 12.1. The summed E-state index contributed by atoms with van der Waals surface area (Å²) in [4.78, 5) is 30.8. The maximum atomic E-state index is 12.1. The van der Waals surface area contributed by atoms with Crippen molar-refractivity contribution in [2.75, 3.05) is 11.9 Å². The number of nitro benzene ring substituents is 1. The molecule has 0 aliphatic heterocycles. The molecule has 0 aliphatic carbocycles. The fourth-order valence-corrected chi connectivity index (χ4v) is 4.27. The number of benzene rings is 1. The van der Waals surface area contributed by atoms with E-state index in [1.165, 1.54) is 41.3 Å². The number of anilines is 1. The van der Waals surface area contributed by atoms with E-state index in [0.29, 0.717) is 16.8 Å². The maximum Gasteiger partial charge on any atom is 0.273 e. The summed E-state index contributed by atoms with van der Waals surface area (Å²) < 4.78 is 12.0. The van der Waals surface area contributed by atoms with Crippen molar-refractivity contribution >= 4 is 39.8 Å². The first-order valence-electron chi connectivity index (χ1n) is 9.37. The highest BCUT2D eigenvalue weighted by Crippen LogP contribution is 2.31. The second kappa shape index (κ2) is 9.92. The number of carbonyl (C=O) groups is 1. The first kappa shape index (κ1) is 22.8. The Kier molecular flexibility index (Phi) is 7.29. The average Bonchev–Trinajstić information content (AvgIpc) is 3.33. The lowest BCUT2D eigenvalue weighted by molar-refractivity contribution is -0.384. The Morgan fingerprint density at radius 3 is 2.87 bits per heavy atom. The number of oxazole rings is 1. The van der Waals surface area contributed by atoms with E-state index in [1.54, 1.807) is 18.5 Å². The first-order chi connectivity index (χ1) is 14.7. The lowest BCUT2D eigenvalue weighted by atomic mass is 9.91. The molecule has 0 aliphatic rings. The third-order valence-electron chi connectivity index (χ3n) is 3.77. The van der Waals surface area contributed by atoms with E-state index in [1.807, 2.05) is 0 Å². The molecule has 31 heavy (non-hydrogen) atoms. The van der Waals surface area contributed by atoms with Gasteiger partial charge < -0.3 is 9.15 Å². The number of nitrogens with one attached hydrogen (secondary N) is 1. The number of thiazole rings is 1. The fourth-order valence-electron chi connectivity index (χ4n) is 2.53. The van der Waals surface area contributed by atoms with E-state index in [2.05, 4.69) is 36.1 Å². The van der Waals surface area contributed by atoms with Crippen LogP contribution >= 0.6 is 23.1 Å². The molecule has 0 radical (unpaired) electrons. The van der Waals surface area contributed by atoms with Crippen LogP contribution in [0.2, 0.25) is 0 Å². The summed E-state index contributed by atoms with van der Waals surface area (Å²) in [6, 6.07) is 5.66. The summed E-state index contributed by atoms with van der Waals surface area (Å²) in [6.45, 7) is 6.15. The van der Waals surface area contributed by atoms with Gasteiger partial charge in [0, 0.05) is 12.5 Å². The second-order valence-corrected chi connectivity index (χ2v) is 10.1. The molecule has 0 atom stereocenters. The largest absolute Gasteiger partial charge is 0.484 e. The van der Waals surface area contributed by atoms with Crippen LogP contribution in [0.4, 0.5) is 10.8 Å². The molecule has 1 aromatic carbocycles. The van der Waals surface area contributed by atoms with Crippen LogP contribution < -0.4 is 10.1 Å². The third kappa shape index (κ3) is 7.37. The summed E-state index contributed by atoms with van der Waals surface area (Å²) in [6.07, 6.45) is 4.26. The SMILES string of the molecule is CC(C)(C)Cc1cnc(CSc2cnc(NC(=O)COc3cccc([N+](=O)[O-])c3)s2)o1. The number of carbonyl (C=O) groups excluding carboxylic acids is 1. The molecular formula is C20H22N4O5S2. The zero-order valence-electron chi connectivity index (χ0n) is 17.3. The van der Waals surface area contributed by atoms with Gasteiger partial charge in [0.05, 0.1) is 33.3 Å². The van der Waals surface area contributed by atoms with E-state index in [4.69, 9.17) is 9.15 Å². The Morgan fingerprint density at radius 2 is 2.13 bits per heavy atom. The third-order valence-corrected chi connectivity index (χ3v) is 5.87. The molecule has 2 aromatic heterocycles. The predicted octanol–water partition coefficient (Wildman–Crippen LogP) is 4.94. The monoisotopic (exact) mass is 462 g/mol. The van der Waals surface area contributed by atoms with Gasteiger partial charge in [0.15, 0.2) is 11.7 Å². The van der Waals surface area contributed by atoms with Crippen LogP contribution in [-0.2, 0) is 17.0 Å². The highest BCUT2D eigenvalue weighted by Gasteiger charge is 2.15. The number of aromatic nitrogens is 2. The van der Waals surface area contributed by atoms with Gasteiger partial charge in [0.25, 0.3) is 11.6 Å². The Morgan fingerprint density at radius 1 is 1.32 bits per heavy atom. The Labute approximate surface area is 187 Å². The predicted molar refractivity (Wildman–Crippen MR) is 119 cm³/mol. The Bertz CT molecular complexity index is 1060. The molecule has 9 nitrogen and oxygen atoms in total. The summed E-state index contributed by atoms with van der Waals surface area (Å²) in [5, 5.41) is 13.9. The number of rotatable bonds is 9. The minimum absolute atomic E-state index is 0.101. The van der Waals surface area contributed by atoms with Gasteiger partial charge in [0.1, 0.15) is 11.5 Å². The summed E-state index contributed by atoms with van der Waals surface area (Å²) in [5.74, 6) is 1.92. The molecule has 0 saturated carbocycles. The number of ether oxygens (including phenoxy) is 1. The number of thioether (sulfide) groups is 1. The van der Waals surface area contributed by atoms with Crippen molar-refractivity contribution in [3.05, 3.63) is 58.4 Å². The molecule has 11 heteroatoms. The van der Waals surface area contributed by atoms with Crippen molar-refractivity contribution in [3.63, 3.8) is 0 Å². The van der Waals surface area contributed by atoms with Crippen LogP contribution in [0.15, 0.2) is 45.3 Å². The number of nitrogens with zero attached hydrogens (tertiary/aromatic N) is 3. The lowest BCUT2D eigenvalue weighted by Gasteiger charge is -2.15. The van der Waals surface area contributed by atoms with Crippen molar-refractivity contribution in [3.8, 4) is 5.75 Å². The van der Waals surface area contributed by atoms with Crippen LogP contribution in [0, 0.1) is 15.5 Å². The van der Waals surface area contributed by atoms with Crippen molar-refractivity contribution in [2.24, 2.45) is 5.41 Å². The molecule has 0 unspecified atom stereocenters. The van der Waals surface area contributed by atoms with E-state index in [9.17, 15) is 14.9 Å². The molecular weight excluding hydrogens is 440 g/mol. The molecule has 3 aromatic rings. The van der Waals surface area contributed by atoms with Crippen LogP contribution in [0.5, 0.6) is 5.75 Å². The minimum Gasteiger partial charge on any atom is -0.484 e. The second-order valence-electron chi connectivity index (χ2n) is 7.82. The van der Waals surface area contributed by atoms with Crippen molar-refractivity contribution in [1.82, 2.24) is 9.97 Å². The van der Waals surface area contributed by atoms with E-state index in [-0.39, 0.29) is 23.5 Å². The standard InChI is InChI=1S/C20H22N4O5S2/c1-20(2,3)8-15-9-21-17(29-15)12-30-18-10-22-19(31-18)23-16(25)11-28-14-6-4-5-13(7-14)24(26)27/h4-7,9-10H,8,11-12H2,1-3H3,(H,22,23,25). The molecule has 1 N–H and O–H groups in total.